The third-order valence-corrected chi connectivity index (χ3v) is 4.32. The summed E-state index contributed by atoms with van der Waals surface area (Å²) in [4.78, 5) is 18.5. The number of pyridine rings is 1. The van der Waals surface area contributed by atoms with Crippen molar-refractivity contribution < 1.29 is 4.79 Å². The van der Waals surface area contributed by atoms with Crippen molar-refractivity contribution >= 4 is 34.7 Å². The van der Waals surface area contributed by atoms with Crippen LogP contribution in [0.25, 0.3) is 0 Å². The summed E-state index contributed by atoms with van der Waals surface area (Å²) in [5, 5.41) is 4.42. The number of halogens is 1. The quantitative estimate of drug-likeness (QED) is 0.943. The molecule has 0 saturated heterocycles. The summed E-state index contributed by atoms with van der Waals surface area (Å²) in [6.07, 6.45) is 3.53. The maximum Gasteiger partial charge on any atom is 0.256 e. The Labute approximate surface area is 126 Å². The topological polar surface area (TPSA) is 59.2 Å². The molecule has 2 N–H and O–H groups in total. The first-order valence-corrected chi connectivity index (χ1v) is 7.70. The van der Waals surface area contributed by atoms with Crippen molar-refractivity contribution in [2.75, 3.05) is 5.73 Å². The molecule has 3 rings (SSSR count). The molecular formula is C14H14ClN3OS. The first-order valence-electron chi connectivity index (χ1n) is 6.38. The Morgan fingerprint density at radius 3 is 3.00 bits per heavy atom. The van der Waals surface area contributed by atoms with E-state index in [1.165, 1.54) is 6.20 Å². The monoisotopic (exact) mass is 307 g/mol. The minimum Gasteiger partial charge on any atom is -0.384 e. The molecule has 0 radical (unpaired) electrons. The summed E-state index contributed by atoms with van der Waals surface area (Å²) in [7, 11) is 0. The van der Waals surface area contributed by atoms with Crippen LogP contribution in [0.15, 0.2) is 29.1 Å². The highest BCUT2D eigenvalue weighted by Crippen LogP contribution is 2.31. The molecule has 0 unspecified atom stereocenters. The minimum atomic E-state index is -0.0715. The number of aromatic nitrogens is 1. The van der Waals surface area contributed by atoms with Gasteiger partial charge in [0.25, 0.3) is 5.91 Å². The van der Waals surface area contributed by atoms with Gasteiger partial charge in [0.2, 0.25) is 0 Å². The van der Waals surface area contributed by atoms with Gasteiger partial charge in [-0.05, 0) is 41.3 Å². The Morgan fingerprint density at radius 1 is 1.55 bits per heavy atom. The molecule has 1 fully saturated rings. The van der Waals surface area contributed by atoms with E-state index in [1.54, 1.807) is 17.4 Å². The molecule has 2 aromatic rings. The molecule has 20 heavy (non-hydrogen) atoms. The molecular weight excluding hydrogens is 294 g/mol. The molecule has 1 aliphatic carbocycles. The average Bonchev–Trinajstić information content (AvgIpc) is 3.15. The lowest BCUT2D eigenvalue weighted by molar-refractivity contribution is 0.0730. The fourth-order valence-corrected chi connectivity index (χ4v) is 2.95. The minimum absolute atomic E-state index is 0.0715. The zero-order valence-electron chi connectivity index (χ0n) is 10.8. The van der Waals surface area contributed by atoms with Crippen LogP contribution in [0.3, 0.4) is 0 Å². The van der Waals surface area contributed by atoms with Gasteiger partial charge in [-0.3, -0.25) is 4.79 Å². The summed E-state index contributed by atoms with van der Waals surface area (Å²) in [6.45, 7) is 0.617. The van der Waals surface area contributed by atoms with E-state index in [1.807, 2.05) is 16.3 Å². The van der Waals surface area contributed by atoms with Crippen LogP contribution in [0.5, 0.6) is 0 Å². The number of amides is 1. The lowest BCUT2D eigenvalue weighted by Gasteiger charge is -2.22. The molecule has 0 atom stereocenters. The summed E-state index contributed by atoms with van der Waals surface area (Å²) in [5.74, 6) is 0.238. The third-order valence-electron chi connectivity index (χ3n) is 3.29. The van der Waals surface area contributed by atoms with Gasteiger partial charge in [0.05, 0.1) is 10.6 Å². The molecule has 1 amide bonds. The van der Waals surface area contributed by atoms with Crippen LogP contribution in [0, 0.1) is 0 Å². The maximum atomic E-state index is 12.7. The number of hydrogen-bond acceptors (Lipinski definition) is 4. The molecule has 4 nitrogen and oxygen atoms in total. The normalized spacial score (nSPS) is 14.2. The van der Waals surface area contributed by atoms with E-state index in [2.05, 4.69) is 10.4 Å². The average molecular weight is 308 g/mol. The highest BCUT2D eigenvalue weighted by molar-refractivity contribution is 7.07. The summed E-state index contributed by atoms with van der Waals surface area (Å²) in [5.41, 5.74) is 7.23. The number of thiophene rings is 1. The molecule has 0 bridgehead atoms. The van der Waals surface area contributed by atoms with Crippen molar-refractivity contribution in [3.63, 3.8) is 0 Å². The summed E-state index contributed by atoms with van der Waals surface area (Å²) in [6, 6.07) is 3.90. The van der Waals surface area contributed by atoms with Crippen LogP contribution in [0.4, 0.5) is 5.82 Å². The molecule has 0 spiro atoms. The van der Waals surface area contributed by atoms with E-state index >= 15 is 0 Å². The summed E-state index contributed by atoms with van der Waals surface area (Å²) < 4.78 is 0. The Kier molecular flexibility index (Phi) is 3.63. The second-order valence-electron chi connectivity index (χ2n) is 4.88. The number of nitrogens with two attached hydrogens (primary N) is 1. The third kappa shape index (κ3) is 2.78. The standard InChI is InChI=1S/C14H14ClN3OS/c15-12-6-17-13(16)5-11(12)14(19)18(10-1-2-10)7-9-3-4-20-8-9/h3-6,8,10H,1-2,7H2,(H2,16,17). The van der Waals surface area contributed by atoms with Gasteiger partial charge in [-0.15, -0.1) is 0 Å². The molecule has 0 aliphatic heterocycles. The number of hydrogen-bond donors (Lipinski definition) is 1. The summed E-state index contributed by atoms with van der Waals surface area (Å²) >= 11 is 7.71. The number of carbonyl (C=O) groups is 1. The van der Waals surface area contributed by atoms with Crippen molar-refractivity contribution in [3.05, 3.63) is 45.2 Å². The largest absolute Gasteiger partial charge is 0.384 e. The van der Waals surface area contributed by atoms with Crippen molar-refractivity contribution in [2.24, 2.45) is 0 Å². The fraction of sp³-hybridized carbons (Fsp3) is 0.286. The first kappa shape index (κ1) is 13.4. The first-order chi connectivity index (χ1) is 9.65. The van der Waals surface area contributed by atoms with Crippen LogP contribution in [-0.4, -0.2) is 21.8 Å². The van der Waals surface area contributed by atoms with Crippen molar-refractivity contribution in [2.45, 2.75) is 25.4 Å². The zero-order valence-corrected chi connectivity index (χ0v) is 12.3. The van der Waals surface area contributed by atoms with Gasteiger partial charge in [-0.25, -0.2) is 4.98 Å². The zero-order chi connectivity index (χ0) is 14.1. The Hall–Kier alpha value is -1.59. The Balaban J connectivity index is 1.87. The van der Waals surface area contributed by atoms with E-state index in [0.29, 0.717) is 29.0 Å². The lowest BCUT2D eigenvalue weighted by Crippen LogP contribution is -2.32. The van der Waals surface area contributed by atoms with Gasteiger partial charge in [0.15, 0.2) is 0 Å². The predicted octanol–water partition coefficient (Wildman–Crippen LogP) is 3.18. The maximum absolute atomic E-state index is 12.7. The van der Waals surface area contributed by atoms with Gasteiger partial charge in [0.1, 0.15) is 5.82 Å². The van der Waals surface area contributed by atoms with Crippen LogP contribution >= 0.6 is 22.9 Å². The number of nitrogens with zero attached hydrogens (tertiary/aromatic N) is 2. The number of anilines is 1. The van der Waals surface area contributed by atoms with E-state index in [-0.39, 0.29) is 5.91 Å². The van der Waals surface area contributed by atoms with Crippen molar-refractivity contribution in [3.8, 4) is 0 Å². The molecule has 104 valence electrons. The number of carbonyl (C=O) groups excluding carboxylic acids is 1. The molecule has 2 heterocycles. The van der Waals surface area contributed by atoms with E-state index in [9.17, 15) is 4.79 Å². The van der Waals surface area contributed by atoms with E-state index in [4.69, 9.17) is 17.3 Å². The van der Waals surface area contributed by atoms with Gasteiger partial charge < -0.3 is 10.6 Å². The van der Waals surface area contributed by atoms with Crippen LogP contribution in [-0.2, 0) is 6.54 Å². The van der Waals surface area contributed by atoms with Crippen molar-refractivity contribution in [1.82, 2.24) is 9.88 Å². The van der Waals surface area contributed by atoms with Gasteiger partial charge in [0, 0.05) is 18.8 Å². The van der Waals surface area contributed by atoms with E-state index in [0.717, 1.165) is 18.4 Å². The Bertz CT molecular complexity index is 625. The molecule has 2 aromatic heterocycles. The van der Waals surface area contributed by atoms with Crippen molar-refractivity contribution in [1.29, 1.82) is 0 Å². The number of rotatable bonds is 4. The van der Waals surface area contributed by atoms with Crippen LogP contribution in [0.1, 0.15) is 28.8 Å². The molecule has 1 aliphatic rings. The van der Waals surface area contributed by atoms with E-state index < -0.39 is 0 Å². The smallest absolute Gasteiger partial charge is 0.256 e. The molecule has 6 heteroatoms. The van der Waals surface area contributed by atoms with Crippen LogP contribution in [0.2, 0.25) is 5.02 Å². The van der Waals surface area contributed by atoms with Gasteiger partial charge in [-0.1, -0.05) is 11.6 Å². The SMILES string of the molecule is Nc1cc(C(=O)N(Cc2ccsc2)C2CC2)c(Cl)cn1. The number of nitrogen functional groups attached to an aromatic ring is 1. The highest BCUT2D eigenvalue weighted by Gasteiger charge is 2.34. The fourth-order valence-electron chi connectivity index (χ4n) is 2.11. The van der Waals surface area contributed by atoms with Gasteiger partial charge in [-0.2, -0.15) is 11.3 Å². The second-order valence-corrected chi connectivity index (χ2v) is 6.07. The second kappa shape index (κ2) is 5.42. The highest BCUT2D eigenvalue weighted by atomic mass is 35.5. The molecule has 0 aromatic carbocycles. The predicted molar refractivity (Wildman–Crippen MR) is 80.9 cm³/mol. The lowest BCUT2D eigenvalue weighted by atomic mass is 10.2. The molecule has 1 saturated carbocycles. The van der Waals surface area contributed by atoms with Gasteiger partial charge >= 0.3 is 0 Å². The Morgan fingerprint density at radius 2 is 2.35 bits per heavy atom. The van der Waals surface area contributed by atoms with Crippen LogP contribution < -0.4 is 5.73 Å².